The van der Waals surface area contributed by atoms with E-state index in [0.29, 0.717) is 0 Å². The third-order valence-corrected chi connectivity index (χ3v) is 2.67. The van der Waals surface area contributed by atoms with Crippen molar-refractivity contribution < 1.29 is 0 Å². The van der Waals surface area contributed by atoms with Gasteiger partial charge in [-0.15, -0.1) is 0 Å². The number of nitrogens with zero attached hydrogens (tertiary/aromatic N) is 1. The summed E-state index contributed by atoms with van der Waals surface area (Å²) in [5, 5.41) is 0. The van der Waals surface area contributed by atoms with Crippen LogP contribution in [0.2, 0.25) is 0 Å². The van der Waals surface area contributed by atoms with E-state index >= 15 is 0 Å². The van der Waals surface area contributed by atoms with Crippen molar-refractivity contribution in [3.05, 3.63) is 39.1 Å². The van der Waals surface area contributed by atoms with E-state index in [1.807, 2.05) is 26.0 Å². The molecule has 0 aliphatic heterocycles. The maximum absolute atomic E-state index is 6.86. The van der Waals surface area contributed by atoms with Crippen LogP contribution in [0.3, 0.4) is 0 Å². The molecule has 11 heavy (non-hydrogen) atoms. The average molecular weight is 210 g/mol. The molecule has 1 aromatic carbocycles. The van der Waals surface area contributed by atoms with Gasteiger partial charge in [0.2, 0.25) is 0 Å². The van der Waals surface area contributed by atoms with Crippen LogP contribution < -0.4 is 0 Å². The van der Waals surface area contributed by atoms with Gasteiger partial charge < -0.3 is 0 Å². The van der Waals surface area contributed by atoms with Crippen molar-refractivity contribution in [1.82, 2.24) is 0 Å². The molecule has 0 aromatic heterocycles. The van der Waals surface area contributed by atoms with Gasteiger partial charge in [0.25, 0.3) is 0 Å². The molecular formula is C9H8BrN. The summed E-state index contributed by atoms with van der Waals surface area (Å²) in [6.07, 6.45) is 0. The maximum atomic E-state index is 6.86. The highest BCUT2D eigenvalue weighted by molar-refractivity contribution is 9.10. The van der Waals surface area contributed by atoms with Crippen LogP contribution in [0.5, 0.6) is 0 Å². The normalized spacial score (nSPS) is 9.27. The van der Waals surface area contributed by atoms with Crippen molar-refractivity contribution in [2.24, 2.45) is 0 Å². The Morgan fingerprint density at radius 1 is 1.27 bits per heavy atom. The monoisotopic (exact) mass is 209 g/mol. The minimum Gasteiger partial charge on any atom is -0.238 e. The minimum atomic E-state index is 0.741. The van der Waals surface area contributed by atoms with Crippen molar-refractivity contribution in [2.75, 3.05) is 0 Å². The van der Waals surface area contributed by atoms with Crippen molar-refractivity contribution in [3.8, 4) is 0 Å². The van der Waals surface area contributed by atoms with Gasteiger partial charge in [0.05, 0.1) is 6.57 Å². The Hall–Kier alpha value is -0.810. The van der Waals surface area contributed by atoms with Gasteiger partial charge in [0.1, 0.15) is 0 Å². The summed E-state index contributed by atoms with van der Waals surface area (Å²) in [4.78, 5) is 3.40. The molecule has 0 saturated heterocycles. The third-order valence-electron chi connectivity index (χ3n) is 1.81. The SMILES string of the molecule is [C-]#[N+]c1ccc(Br)c(C)c1C. The van der Waals surface area contributed by atoms with E-state index in [-0.39, 0.29) is 0 Å². The van der Waals surface area contributed by atoms with E-state index in [9.17, 15) is 0 Å². The Balaban J connectivity index is 3.40. The zero-order valence-corrected chi connectivity index (χ0v) is 8.07. The summed E-state index contributed by atoms with van der Waals surface area (Å²) in [6, 6.07) is 3.75. The summed E-state index contributed by atoms with van der Waals surface area (Å²) < 4.78 is 1.07. The lowest BCUT2D eigenvalue weighted by Crippen LogP contribution is -1.81. The van der Waals surface area contributed by atoms with Gasteiger partial charge in [-0.2, -0.15) is 0 Å². The molecule has 1 aromatic rings. The molecule has 0 fully saturated rings. The fourth-order valence-corrected chi connectivity index (χ4v) is 1.32. The Morgan fingerprint density at radius 2 is 1.91 bits per heavy atom. The van der Waals surface area contributed by atoms with Crippen LogP contribution in [0.1, 0.15) is 11.1 Å². The van der Waals surface area contributed by atoms with Crippen LogP contribution in [0, 0.1) is 20.4 Å². The first kappa shape index (κ1) is 8.29. The van der Waals surface area contributed by atoms with Crippen molar-refractivity contribution in [3.63, 3.8) is 0 Å². The molecule has 0 heterocycles. The molecule has 0 radical (unpaired) electrons. The van der Waals surface area contributed by atoms with E-state index in [1.165, 1.54) is 0 Å². The fraction of sp³-hybridized carbons (Fsp3) is 0.222. The fourth-order valence-electron chi connectivity index (χ4n) is 0.894. The quantitative estimate of drug-likeness (QED) is 0.576. The second-order valence-electron chi connectivity index (χ2n) is 2.43. The largest absolute Gasteiger partial charge is 0.238 e. The smallest absolute Gasteiger partial charge is 0.190 e. The third kappa shape index (κ3) is 1.44. The van der Waals surface area contributed by atoms with E-state index in [1.54, 1.807) is 0 Å². The lowest BCUT2D eigenvalue weighted by Gasteiger charge is -2.03. The second kappa shape index (κ2) is 3.06. The van der Waals surface area contributed by atoms with Crippen molar-refractivity contribution in [2.45, 2.75) is 13.8 Å². The summed E-state index contributed by atoms with van der Waals surface area (Å²) in [5.74, 6) is 0. The van der Waals surface area contributed by atoms with Crippen LogP contribution in [-0.2, 0) is 0 Å². The first-order valence-corrected chi connectivity index (χ1v) is 4.09. The zero-order valence-electron chi connectivity index (χ0n) is 6.48. The lowest BCUT2D eigenvalue weighted by atomic mass is 10.1. The molecule has 0 atom stereocenters. The molecule has 0 bridgehead atoms. The zero-order chi connectivity index (χ0) is 8.43. The van der Waals surface area contributed by atoms with Gasteiger partial charge in [-0.3, -0.25) is 0 Å². The van der Waals surface area contributed by atoms with Crippen molar-refractivity contribution >= 4 is 21.6 Å². The van der Waals surface area contributed by atoms with Crippen LogP contribution in [0.4, 0.5) is 5.69 Å². The summed E-state index contributed by atoms with van der Waals surface area (Å²) >= 11 is 3.41. The van der Waals surface area contributed by atoms with E-state index in [2.05, 4.69) is 20.8 Å². The Bertz CT molecular complexity index is 323. The number of hydrogen-bond acceptors (Lipinski definition) is 0. The van der Waals surface area contributed by atoms with E-state index in [0.717, 1.165) is 21.3 Å². The maximum Gasteiger partial charge on any atom is 0.190 e. The van der Waals surface area contributed by atoms with Gasteiger partial charge in [0.15, 0.2) is 5.69 Å². The molecule has 2 heteroatoms. The Morgan fingerprint density at radius 3 is 2.45 bits per heavy atom. The highest BCUT2D eigenvalue weighted by Crippen LogP contribution is 2.27. The topological polar surface area (TPSA) is 4.36 Å². The highest BCUT2D eigenvalue weighted by Gasteiger charge is 2.02. The molecule has 0 aliphatic rings. The molecule has 0 N–H and O–H groups in total. The highest BCUT2D eigenvalue weighted by atomic mass is 79.9. The molecule has 56 valence electrons. The van der Waals surface area contributed by atoms with Crippen LogP contribution in [0.25, 0.3) is 4.85 Å². The van der Waals surface area contributed by atoms with Crippen molar-refractivity contribution in [1.29, 1.82) is 0 Å². The van der Waals surface area contributed by atoms with Gasteiger partial charge in [-0.1, -0.05) is 28.1 Å². The average Bonchev–Trinajstić information content (AvgIpc) is 2.01. The van der Waals surface area contributed by atoms with Crippen LogP contribution in [-0.4, -0.2) is 0 Å². The summed E-state index contributed by atoms with van der Waals surface area (Å²) in [7, 11) is 0. The minimum absolute atomic E-state index is 0.741. The molecule has 0 saturated carbocycles. The number of hydrogen-bond donors (Lipinski definition) is 0. The predicted molar refractivity (Wildman–Crippen MR) is 49.9 cm³/mol. The van der Waals surface area contributed by atoms with Gasteiger partial charge in [0, 0.05) is 4.47 Å². The first-order valence-electron chi connectivity index (χ1n) is 3.30. The van der Waals surface area contributed by atoms with Gasteiger partial charge >= 0.3 is 0 Å². The first-order chi connectivity index (χ1) is 5.16. The Kier molecular flexibility index (Phi) is 2.31. The van der Waals surface area contributed by atoms with E-state index < -0.39 is 0 Å². The number of benzene rings is 1. The van der Waals surface area contributed by atoms with Crippen LogP contribution >= 0.6 is 15.9 Å². The van der Waals surface area contributed by atoms with Gasteiger partial charge in [-0.25, -0.2) is 4.85 Å². The number of rotatable bonds is 0. The van der Waals surface area contributed by atoms with Gasteiger partial charge in [-0.05, 0) is 25.0 Å². The predicted octanol–water partition coefficient (Wildman–Crippen LogP) is 3.62. The molecule has 0 spiro atoms. The van der Waals surface area contributed by atoms with Crippen LogP contribution in [0.15, 0.2) is 16.6 Å². The Labute approximate surface area is 75.0 Å². The summed E-state index contributed by atoms with van der Waals surface area (Å²) in [6.45, 7) is 10.8. The molecule has 0 aliphatic carbocycles. The van der Waals surface area contributed by atoms with E-state index in [4.69, 9.17) is 6.57 Å². The molecule has 0 amide bonds. The number of halogens is 1. The molecular weight excluding hydrogens is 202 g/mol. The molecule has 0 unspecified atom stereocenters. The second-order valence-corrected chi connectivity index (χ2v) is 3.28. The standard InChI is InChI=1S/C9H8BrN/c1-6-7(2)9(11-3)5-4-8(6)10/h4-5H,1-2H3. The molecule has 1 rings (SSSR count). The summed E-state index contributed by atoms with van der Waals surface area (Å²) in [5.41, 5.74) is 2.96. The lowest BCUT2D eigenvalue weighted by molar-refractivity contribution is 1.33. The molecule has 1 nitrogen and oxygen atoms in total.